The Kier molecular flexibility index (Phi) is 6.82. The van der Waals surface area contributed by atoms with Crippen LogP contribution in [0.25, 0.3) is 0 Å². The summed E-state index contributed by atoms with van der Waals surface area (Å²) in [6.07, 6.45) is 0. The highest BCUT2D eigenvalue weighted by Gasteiger charge is 2.16. The van der Waals surface area contributed by atoms with Gasteiger partial charge in [-0.2, -0.15) is 0 Å². The molecule has 0 fully saturated rings. The lowest BCUT2D eigenvalue weighted by Gasteiger charge is -2.30. The molecule has 0 amide bonds. The van der Waals surface area contributed by atoms with E-state index in [2.05, 4.69) is 44.0 Å². The van der Waals surface area contributed by atoms with Gasteiger partial charge in [-0.15, -0.1) is 0 Å². The number of nitrogens with one attached hydrogen (secondary N) is 1. The Morgan fingerprint density at radius 2 is 2.00 bits per heavy atom. The molecule has 0 saturated heterocycles. The van der Waals surface area contributed by atoms with Gasteiger partial charge in [0.1, 0.15) is 5.75 Å². The van der Waals surface area contributed by atoms with Crippen molar-refractivity contribution in [3.8, 4) is 5.75 Å². The summed E-state index contributed by atoms with van der Waals surface area (Å²) in [4.78, 5) is 2.23. The third-order valence-electron chi connectivity index (χ3n) is 3.60. The van der Waals surface area contributed by atoms with E-state index in [1.807, 2.05) is 12.1 Å². The molecule has 0 aliphatic carbocycles. The first-order chi connectivity index (χ1) is 9.54. The van der Waals surface area contributed by atoms with E-state index in [-0.39, 0.29) is 12.1 Å². The predicted octanol–water partition coefficient (Wildman–Crippen LogP) is 2.92. The minimum Gasteiger partial charge on any atom is -0.508 e. The highest BCUT2D eigenvalue weighted by Crippen LogP contribution is 2.29. The molecule has 0 aromatic heterocycles. The zero-order valence-corrected chi connectivity index (χ0v) is 13.3. The summed E-state index contributed by atoms with van der Waals surface area (Å²) in [6, 6.07) is 6.35. The lowest BCUT2D eigenvalue weighted by molar-refractivity contribution is 0.182. The molecule has 4 nitrogen and oxygen atoms in total. The van der Waals surface area contributed by atoms with Crippen LogP contribution in [0.15, 0.2) is 18.2 Å². The molecule has 114 valence electrons. The maximum atomic E-state index is 10.2. The quantitative estimate of drug-likeness (QED) is 0.768. The Balaban J connectivity index is 2.94. The van der Waals surface area contributed by atoms with E-state index in [4.69, 9.17) is 4.74 Å². The number of phenols is 1. The minimum absolute atomic E-state index is 0.153. The molecule has 1 rings (SSSR count). The van der Waals surface area contributed by atoms with Crippen molar-refractivity contribution in [1.82, 2.24) is 5.32 Å². The fraction of sp³-hybridized carbons (Fsp3) is 0.625. The Morgan fingerprint density at radius 1 is 1.30 bits per heavy atom. The van der Waals surface area contributed by atoms with Gasteiger partial charge < -0.3 is 20.1 Å². The second-order valence-electron chi connectivity index (χ2n) is 5.11. The van der Waals surface area contributed by atoms with E-state index < -0.39 is 0 Å². The largest absolute Gasteiger partial charge is 0.508 e. The molecule has 0 aliphatic rings. The van der Waals surface area contributed by atoms with Crippen LogP contribution in [0, 0.1) is 0 Å². The smallest absolute Gasteiger partial charge is 0.122 e. The number of methoxy groups -OCH3 is 1. The number of nitrogens with zero attached hydrogens (tertiary/aromatic N) is 1. The molecule has 20 heavy (non-hydrogen) atoms. The summed E-state index contributed by atoms with van der Waals surface area (Å²) in [7, 11) is 1.71. The minimum atomic E-state index is 0.153. The summed E-state index contributed by atoms with van der Waals surface area (Å²) in [5, 5.41) is 13.6. The topological polar surface area (TPSA) is 44.7 Å². The first-order valence-electron chi connectivity index (χ1n) is 7.36. The van der Waals surface area contributed by atoms with Crippen LogP contribution in [-0.2, 0) is 4.74 Å². The SMILES string of the molecule is CCNC(C)c1ccc(N(CC)C(C)COC)cc1O. The highest BCUT2D eigenvalue weighted by molar-refractivity contribution is 5.54. The van der Waals surface area contributed by atoms with Crippen LogP contribution < -0.4 is 10.2 Å². The summed E-state index contributed by atoms with van der Waals surface area (Å²) in [5.74, 6) is 0.346. The van der Waals surface area contributed by atoms with Gasteiger partial charge in [-0.1, -0.05) is 13.0 Å². The van der Waals surface area contributed by atoms with Crippen molar-refractivity contribution in [2.75, 3.05) is 31.7 Å². The number of rotatable bonds is 8. The summed E-state index contributed by atoms with van der Waals surface area (Å²) in [6.45, 7) is 10.8. The number of anilines is 1. The van der Waals surface area contributed by atoms with Crippen LogP contribution in [0.1, 0.15) is 39.3 Å². The number of benzene rings is 1. The summed E-state index contributed by atoms with van der Waals surface area (Å²) >= 11 is 0. The van der Waals surface area contributed by atoms with E-state index in [9.17, 15) is 5.11 Å². The van der Waals surface area contributed by atoms with Crippen LogP contribution in [0.2, 0.25) is 0 Å². The van der Waals surface area contributed by atoms with Gasteiger partial charge in [-0.3, -0.25) is 0 Å². The van der Waals surface area contributed by atoms with Gasteiger partial charge in [0.2, 0.25) is 0 Å². The van der Waals surface area contributed by atoms with Gasteiger partial charge in [-0.25, -0.2) is 0 Å². The van der Waals surface area contributed by atoms with Crippen molar-refractivity contribution in [3.05, 3.63) is 23.8 Å². The van der Waals surface area contributed by atoms with Gasteiger partial charge in [0.05, 0.1) is 6.61 Å². The van der Waals surface area contributed by atoms with Crippen LogP contribution in [0.4, 0.5) is 5.69 Å². The molecular formula is C16H28N2O2. The van der Waals surface area contributed by atoms with Crippen LogP contribution in [0.3, 0.4) is 0 Å². The maximum absolute atomic E-state index is 10.2. The molecule has 2 atom stereocenters. The molecule has 0 saturated carbocycles. The molecule has 1 aromatic carbocycles. The maximum Gasteiger partial charge on any atom is 0.122 e. The van der Waals surface area contributed by atoms with Gasteiger partial charge in [0.25, 0.3) is 0 Å². The number of ether oxygens (including phenoxy) is 1. The third-order valence-corrected chi connectivity index (χ3v) is 3.60. The first kappa shape index (κ1) is 16.8. The molecule has 0 radical (unpaired) electrons. The molecule has 1 aromatic rings. The van der Waals surface area contributed by atoms with E-state index >= 15 is 0 Å². The third kappa shape index (κ3) is 4.12. The summed E-state index contributed by atoms with van der Waals surface area (Å²) < 4.78 is 5.22. The fourth-order valence-corrected chi connectivity index (χ4v) is 2.57. The lowest BCUT2D eigenvalue weighted by atomic mass is 10.1. The molecule has 2 N–H and O–H groups in total. The Morgan fingerprint density at radius 3 is 2.50 bits per heavy atom. The number of likely N-dealkylation sites (N-methyl/N-ethyl adjacent to an activating group) is 1. The van der Waals surface area contributed by atoms with E-state index in [0.717, 1.165) is 24.3 Å². The average molecular weight is 280 g/mol. The molecule has 0 bridgehead atoms. The molecule has 2 unspecified atom stereocenters. The summed E-state index contributed by atoms with van der Waals surface area (Å²) in [5.41, 5.74) is 1.97. The number of hydrogen-bond donors (Lipinski definition) is 2. The molecule has 0 spiro atoms. The van der Waals surface area contributed by atoms with Crippen LogP contribution in [0.5, 0.6) is 5.75 Å². The molecule has 0 heterocycles. The first-order valence-corrected chi connectivity index (χ1v) is 7.36. The standard InChI is InChI=1S/C16H28N2O2/c1-6-17-13(4)15-9-8-14(10-16(15)19)18(7-2)12(3)11-20-5/h8-10,12-13,17,19H,6-7,11H2,1-5H3. The van der Waals surface area contributed by atoms with Crippen molar-refractivity contribution in [2.24, 2.45) is 0 Å². The van der Waals surface area contributed by atoms with Crippen molar-refractivity contribution < 1.29 is 9.84 Å². The molecule has 4 heteroatoms. The number of aromatic hydroxyl groups is 1. The zero-order chi connectivity index (χ0) is 15.1. The van der Waals surface area contributed by atoms with Crippen molar-refractivity contribution in [2.45, 2.75) is 39.8 Å². The lowest BCUT2D eigenvalue weighted by Crippen LogP contribution is -2.36. The van der Waals surface area contributed by atoms with Crippen LogP contribution in [-0.4, -0.2) is 38.0 Å². The average Bonchev–Trinajstić information content (AvgIpc) is 2.40. The Labute approximate surface area is 122 Å². The van der Waals surface area contributed by atoms with E-state index in [1.165, 1.54) is 0 Å². The predicted molar refractivity (Wildman–Crippen MR) is 84.6 cm³/mol. The Bertz CT molecular complexity index is 409. The van der Waals surface area contributed by atoms with Gasteiger partial charge in [0.15, 0.2) is 0 Å². The van der Waals surface area contributed by atoms with Gasteiger partial charge in [0, 0.05) is 43.1 Å². The second-order valence-corrected chi connectivity index (χ2v) is 5.11. The van der Waals surface area contributed by atoms with E-state index in [0.29, 0.717) is 12.4 Å². The van der Waals surface area contributed by atoms with Crippen molar-refractivity contribution in [3.63, 3.8) is 0 Å². The highest BCUT2D eigenvalue weighted by atomic mass is 16.5. The van der Waals surface area contributed by atoms with Gasteiger partial charge >= 0.3 is 0 Å². The molecule has 0 aliphatic heterocycles. The van der Waals surface area contributed by atoms with Gasteiger partial charge in [-0.05, 0) is 33.4 Å². The molecular weight excluding hydrogens is 252 g/mol. The fourth-order valence-electron chi connectivity index (χ4n) is 2.57. The second kappa shape index (κ2) is 8.12. The monoisotopic (exact) mass is 280 g/mol. The Hall–Kier alpha value is -1.26. The van der Waals surface area contributed by atoms with E-state index in [1.54, 1.807) is 7.11 Å². The van der Waals surface area contributed by atoms with Crippen molar-refractivity contribution in [1.29, 1.82) is 0 Å². The van der Waals surface area contributed by atoms with Crippen LogP contribution >= 0.6 is 0 Å². The van der Waals surface area contributed by atoms with Crippen molar-refractivity contribution >= 4 is 5.69 Å². The number of phenolic OH excluding ortho intramolecular Hbond substituents is 1. The number of hydrogen-bond acceptors (Lipinski definition) is 4. The zero-order valence-electron chi connectivity index (χ0n) is 13.3. The normalized spacial score (nSPS) is 14.1.